The number of hydrogen-bond acceptors (Lipinski definition) is 5. The smallest absolute Gasteiger partial charge is 0 e. The Hall–Kier alpha value is -2.55. The maximum Gasteiger partial charge on any atom is 0 e. The Balaban J connectivity index is 0.00000240. The number of anilines is 1. The number of aryl methyl sites for hydroxylation is 2. The molecule has 1 saturated carbocycles. The van der Waals surface area contributed by atoms with Crippen LogP contribution in [0, 0.1) is 56.5 Å². The average molecular weight is 625 g/mol. The van der Waals surface area contributed by atoms with Gasteiger partial charge in [-0.25, -0.2) is 0 Å². The van der Waals surface area contributed by atoms with Crippen molar-refractivity contribution in [1.29, 1.82) is 0 Å². The predicted octanol–water partition coefficient (Wildman–Crippen LogP) is 4.58. The summed E-state index contributed by atoms with van der Waals surface area (Å²) in [7, 11) is 3.08. The van der Waals surface area contributed by atoms with Gasteiger partial charge in [-0.15, -0.1) is 0 Å². The van der Waals surface area contributed by atoms with Gasteiger partial charge in [0.05, 0.1) is 5.52 Å². The molecule has 3 aromatic heterocycles. The first-order valence-electron chi connectivity index (χ1n) is 12.1. The van der Waals surface area contributed by atoms with Gasteiger partial charge in [0, 0.05) is 56.4 Å². The second-order valence-corrected chi connectivity index (χ2v) is 9.99. The Morgan fingerprint density at radius 2 is 1.86 bits per heavy atom. The van der Waals surface area contributed by atoms with Gasteiger partial charge in [0.1, 0.15) is 0 Å². The number of fused-ring (bicyclic) bond motifs is 3. The number of piperidine rings is 1. The number of hydrogen-bond donors (Lipinski definition) is 0. The maximum atomic E-state index is 11.2. The molecule has 4 heterocycles. The first-order chi connectivity index (χ1) is 17.0. The summed E-state index contributed by atoms with van der Waals surface area (Å²) in [5.41, 5.74) is 6.16. The Bertz CT molecular complexity index is 1630. The normalized spacial score (nSPS) is 22.5. The number of pyridine rings is 1. The van der Waals surface area contributed by atoms with Crippen LogP contribution in [-0.4, -0.2) is 44.3 Å². The van der Waals surface area contributed by atoms with Gasteiger partial charge in [-0.05, 0) is 6.07 Å². The molecule has 36 heavy (non-hydrogen) atoms. The van der Waals surface area contributed by atoms with Gasteiger partial charge in [0.2, 0.25) is 0 Å². The van der Waals surface area contributed by atoms with Gasteiger partial charge >= 0.3 is 145 Å². The van der Waals surface area contributed by atoms with Crippen molar-refractivity contribution < 1.29 is 42.4 Å². The molecule has 1 radical (unpaired) electrons. The van der Waals surface area contributed by atoms with Gasteiger partial charge in [-0.2, -0.15) is 5.10 Å². The van der Waals surface area contributed by atoms with Crippen LogP contribution in [0.1, 0.15) is 12.5 Å². The first kappa shape index (κ1) is 23.8. The van der Waals surface area contributed by atoms with E-state index in [9.17, 15) is 4.70 Å². The third kappa shape index (κ3) is 3.49. The van der Waals surface area contributed by atoms with Gasteiger partial charge in [0.15, 0.2) is 0 Å². The van der Waals surface area contributed by atoms with E-state index in [2.05, 4.69) is 66.4 Å². The van der Waals surface area contributed by atoms with E-state index in [1.807, 2.05) is 34.7 Å². The second kappa shape index (κ2) is 8.79. The minimum absolute atomic E-state index is 0. The molecule has 183 valence electrons. The van der Waals surface area contributed by atoms with Crippen LogP contribution in [0.5, 0.6) is 0 Å². The minimum Gasteiger partial charge on any atom is 0 e. The van der Waals surface area contributed by atoms with E-state index in [1.54, 1.807) is 0 Å². The molecule has 2 fully saturated rings. The summed E-state index contributed by atoms with van der Waals surface area (Å²) in [6.07, 6.45) is 3.97. The molecule has 9 heteroatoms. The van der Waals surface area contributed by atoms with Crippen LogP contribution >= 0.6 is 0 Å². The van der Waals surface area contributed by atoms with Crippen molar-refractivity contribution in [1.82, 2.24) is 24.5 Å². The van der Waals surface area contributed by atoms with Gasteiger partial charge in [-0.3, -0.25) is 4.68 Å². The Labute approximate surface area is 239 Å². The van der Waals surface area contributed by atoms with E-state index in [0.717, 1.165) is 63.8 Å². The van der Waals surface area contributed by atoms with Crippen LogP contribution < -0.4 is 4.90 Å². The zero-order valence-electron chi connectivity index (χ0n) is 20.3. The van der Waals surface area contributed by atoms with Gasteiger partial charge in [0.25, 0.3) is 0 Å². The first-order valence-corrected chi connectivity index (χ1v) is 12.1. The number of para-hydroxylation sites is 1. The van der Waals surface area contributed by atoms with Crippen molar-refractivity contribution in [3.63, 3.8) is 0 Å². The summed E-state index contributed by atoms with van der Waals surface area (Å²) < 4.78 is 15.1. The zero-order chi connectivity index (χ0) is 23.8. The molecule has 1 saturated heterocycles. The van der Waals surface area contributed by atoms with Crippen LogP contribution in [0.4, 0.5) is 5.82 Å². The molecule has 4 atom stereocenters. The fourth-order valence-corrected chi connectivity index (χ4v) is 6.21. The second-order valence-electron chi connectivity index (χ2n) is 9.99. The largest absolute Gasteiger partial charge is 0 e. The van der Waals surface area contributed by atoms with Crippen molar-refractivity contribution >= 4 is 34.8 Å². The van der Waals surface area contributed by atoms with Crippen molar-refractivity contribution in [2.45, 2.75) is 25.7 Å². The van der Waals surface area contributed by atoms with Crippen LogP contribution in [-0.2, 0) is 11.8 Å². The molecule has 1 aliphatic carbocycles. The van der Waals surface area contributed by atoms with Crippen LogP contribution in [0.25, 0.3) is 38.8 Å². The summed E-state index contributed by atoms with van der Waals surface area (Å²) in [6, 6.07) is 17.1. The molecule has 1 unspecified atom stereocenters. The molecule has 1 aliphatic heterocycles. The molecule has 0 amide bonds. The van der Waals surface area contributed by atoms with Crippen LogP contribution in [0.3, 0.4) is 0 Å². The van der Waals surface area contributed by atoms with Crippen molar-refractivity contribution in [2.75, 3.05) is 11.4 Å². The predicted molar refractivity (Wildman–Crippen MR) is 137 cm³/mol. The summed E-state index contributed by atoms with van der Waals surface area (Å²) in [6.45, 7) is 5.24. The van der Waals surface area contributed by atoms with Gasteiger partial charge in [-0.1, -0.05) is 18.2 Å². The number of aromatic nitrogens is 5. The molecule has 7 rings (SSSR count). The third-order valence-corrected chi connectivity index (χ3v) is 8.00. The zero-order valence-corrected chi connectivity index (χ0v) is 22.2. The molecule has 5 aromatic rings. The summed E-state index contributed by atoms with van der Waals surface area (Å²) >= 11 is 0. The average Bonchev–Trinajstić information content (AvgIpc) is 3.11. The van der Waals surface area contributed by atoms with E-state index in [-0.39, 0.29) is 43.6 Å². The Kier molecular flexibility index (Phi) is 5.82. The fourth-order valence-electron chi connectivity index (χ4n) is 6.21. The maximum absolute atomic E-state index is 11.2. The van der Waals surface area contributed by atoms with Crippen molar-refractivity contribution in [2.24, 2.45) is 18.9 Å². The Morgan fingerprint density at radius 3 is 2.58 bits per heavy atom. The molecule has 2 aliphatic rings. The standard InChI is InChI=1S/C27H25BN6O.Ho/c1-15-6-4-8-19-26(18-7-5-9-22-20(18)13-32(3)30-22)31-34(27(15)19)17-10-11-23(29-12-17)33-14-21-24(16(33)2)25(21)28-35;/h4-13,16,21,24-25H,14H2,1-3H3;/t16-,21+,24?,25-;/m1./s1. The quantitative estimate of drug-likeness (QED) is 0.274. The van der Waals surface area contributed by atoms with Crippen molar-refractivity contribution in [3.05, 3.63) is 66.5 Å². The van der Waals surface area contributed by atoms with E-state index in [1.165, 1.54) is 0 Å². The summed E-state index contributed by atoms with van der Waals surface area (Å²) in [4.78, 5) is 7.16. The number of nitrogens with zero attached hydrogens (tertiary/aromatic N) is 6. The molecule has 2 aromatic carbocycles. The minimum atomic E-state index is 0. The molecule has 0 bridgehead atoms. The molecule has 7 nitrogen and oxygen atoms in total. The Morgan fingerprint density at radius 1 is 1.03 bits per heavy atom. The molecular formula is C27H25BHoN6O. The van der Waals surface area contributed by atoms with Gasteiger partial charge < -0.3 is 0 Å². The molecule has 0 N–H and O–H groups in total. The van der Waals surface area contributed by atoms with E-state index in [4.69, 9.17) is 10.1 Å². The van der Waals surface area contributed by atoms with E-state index >= 15 is 0 Å². The number of benzene rings is 2. The van der Waals surface area contributed by atoms with Crippen molar-refractivity contribution in [3.8, 4) is 16.9 Å². The number of rotatable bonds is 4. The molecular weight excluding hydrogens is 600 g/mol. The fraction of sp³-hybridized carbons (Fsp3) is 0.296. The summed E-state index contributed by atoms with van der Waals surface area (Å²) in [5.74, 6) is 2.16. The van der Waals surface area contributed by atoms with E-state index in [0.29, 0.717) is 17.9 Å². The third-order valence-electron chi connectivity index (χ3n) is 8.00. The monoisotopic (exact) mass is 625 g/mol. The summed E-state index contributed by atoms with van der Waals surface area (Å²) in [5, 5.41) is 11.9. The topological polar surface area (TPSA) is 68.8 Å². The van der Waals surface area contributed by atoms with Crippen LogP contribution in [0.15, 0.2) is 60.9 Å². The molecule has 0 spiro atoms. The van der Waals surface area contributed by atoms with Crippen LogP contribution in [0.2, 0.25) is 5.82 Å². The van der Waals surface area contributed by atoms with E-state index < -0.39 is 0 Å². The SMILES string of the molecule is Cc1cccc2c(-c3cccc4nn(C)cc34)nn(-c3ccc(N4C[C@H]5C([C@H]4C)[C@@H]5B=O)nc3)c12.[Ho].